The van der Waals surface area contributed by atoms with Crippen molar-refractivity contribution in [1.29, 1.82) is 0 Å². The minimum absolute atomic E-state index is 0.284. The van der Waals surface area contributed by atoms with Crippen LogP contribution < -0.4 is 0 Å². The highest BCUT2D eigenvalue weighted by Crippen LogP contribution is 2.50. The maximum atomic E-state index is 11.1. The van der Waals surface area contributed by atoms with Crippen LogP contribution >= 0.6 is 0 Å². The summed E-state index contributed by atoms with van der Waals surface area (Å²) in [5, 5.41) is 13.3. The van der Waals surface area contributed by atoms with Crippen LogP contribution in [0.4, 0.5) is 4.79 Å². The molecule has 3 fully saturated rings. The number of amides is 1. The highest BCUT2D eigenvalue weighted by Gasteiger charge is 2.51. The van der Waals surface area contributed by atoms with Gasteiger partial charge in [0.25, 0.3) is 0 Å². The standard InChI is InChI=1S/C17H29N3O3/c1-3-15(18-23-2)13-4-7-19(8-5-13)14-10-17(11-14)6-9-20(12-17)16(21)22/h13-14H,3-12H2,1-2H3,(H,21,22). The Kier molecular flexibility index (Phi) is 4.80. The van der Waals surface area contributed by atoms with E-state index in [1.165, 1.54) is 31.4 Å². The second-order valence-corrected chi connectivity index (χ2v) is 7.45. The third kappa shape index (κ3) is 3.32. The summed E-state index contributed by atoms with van der Waals surface area (Å²) >= 11 is 0. The number of nitrogens with zero attached hydrogens (tertiary/aromatic N) is 3. The van der Waals surface area contributed by atoms with Crippen molar-refractivity contribution in [2.24, 2.45) is 16.5 Å². The van der Waals surface area contributed by atoms with Gasteiger partial charge in [-0.3, -0.25) is 0 Å². The number of carboxylic acid groups (broad SMARTS) is 1. The molecule has 2 saturated heterocycles. The van der Waals surface area contributed by atoms with E-state index in [0.717, 1.165) is 39.0 Å². The second kappa shape index (κ2) is 6.67. The third-order valence-electron chi connectivity index (χ3n) is 6.13. The van der Waals surface area contributed by atoms with Crippen LogP contribution in [0.3, 0.4) is 0 Å². The lowest BCUT2D eigenvalue weighted by Gasteiger charge is -2.51. The molecule has 1 N–H and O–H groups in total. The van der Waals surface area contributed by atoms with Gasteiger partial charge in [-0.05, 0) is 57.0 Å². The monoisotopic (exact) mass is 323 g/mol. The molecule has 6 heteroatoms. The Bertz CT molecular complexity index is 466. The lowest BCUT2D eigenvalue weighted by molar-refractivity contribution is -0.00480. The van der Waals surface area contributed by atoms with E-state index in [1.807, 2.05) is 0 Å². The molecule has 0 aromatic rings. The summed E-state index contributed by atoms with van der Waals surface area (Å²) < 4.78 is 0. The first kappa shape index (κ1) is 16.6. The molecule has 2 aliphatic heterocycles. The molecule has 130 valence electrons. The number of piperidine rings is 1. The minimum atomic E-state index is -0.754. The van der Waals surface area contributed by atoms with Crippen molar-refractivity contribution >= 4 is 11.8 Å². The predicted octanol–water partition coefficient (Wildman–Crippen LogP) is 2.64. The summed E-state index contributed by atoms with van der Waals surface area (Å²) in [7, 11) is 1.63. The molecule has 1 aliphatic carbocycles. The maximum Gasteiger partial charge on any atom is 0.407 e. The molecule has 2 heterocycles. The molecule has 0 bridgehead atoms. The molecule has 0 radical (unpaired) electrons. The Labute approximate surface area is 138 Å². The summed E-state index contributed by atoms with van der Waals surface area (Å²) in [4.78, 5) is 20.3. The molecule has 3 rings (SSSR count). The largest absolute Gasteiger partial charge is 0.465 e. The molecular weight excluding hydrogens is 294 g/mol. The van der Waals surface area contributed by atoms with Crippen LogP contribution in [0, 0.1) is 11.3 Å². The lowest BCUT2D eigenvalue weighted by atomic mass is 9.64. The van der Waals surface area contributed by atoms with Gasteiger partial charge in [0.15, 0.2) is 0 Å². The second-order valence-electron chi connectivity index (χ2n) is 7.45. The molecule has 0 aromatic heterocycles. The van der Waals surface area contributed by atoms with E-state index in [2.05, 4.69) is 17.0 Å². The van der Waals surface area contributed by atoms with E-state index in [0.29, 0.717) is 12.0 Å². The zero-order valence-electron chi connectivity index (χ0n) is 14.3. The summed E-state index contributed by atoms with van der Waals surface area (Å²) in [6.45, 7) is 5.88. The average Bonchev–Trinajstić information content (AvgIpc) is 2.97. The SMILES string of the molecule is CCC(=NOC)C1CCN(C2CC3(CCN(C(=O)O)C3)C2)CC1. The Morgan fingerprint density at radius 3 is 2.52 bits per heavy atom. The first-order valence-corrected chi connectivity index (χ1v) is 8.89. The Morgan fingerprint density at radius 2 is 2.00 bits per heavy atom. The van der Waals surface area contributed by atoms with E-state index in [9.17, 15) is 4.79 Å². The van der Waals surface area contributed by atoms with Crippen molar-refractivity contribution < 1.29 is 14.7 Å². The summed E-state index contributed by atoms with van der Waals surface area (Å²) in [6, 6.07) is 0.661. The fourth-order valence-electron chi connectivity index (χ4n) is 4.77. The van der Waals surface area contributed by atoms with Crippen LogP contribution in [0.25, 0.3) is 0 Å². The van der Waals surface area contributed by atoms with Gasteiger partial charge in [0.05, 0.1) is 5.71 Å². The fourth-order valence-corrected chi connectivity index (χ4v) is 4.77. The Balaban J connectivity index is 1.46. The number of oxime groups is 1. The van der Waals surface area contributed by atoms with Gasteiger partial charge < -0.3 is 19.7 Å². The van der Waals surface area contributed by atoms with E-state index in [-0.39, 0.29) is 5.41 Å². The van der Waals surface area contributed by atoms with Gasteiger partial charge in [-0.25, -0.2) is 4.79 Å². The Hall–Kier alpha value is -1.30. The highest BCUT2D eigenvalue weighted by atomic mass is 16.6. The molecule has 0 aromatic carbocycles. The molecule has 6 nitrogen and oxygen atoms in total. The summed E-state index contributed by atoms with van der Waals surface area (Å²) in [6.07, 6.45) is 5.95. The van der Waals surface area contributed by atoms with Gasteiger partial charge in [0.1, 0.15) is 7.11 Å². The lowest BCUT2D eigenvalue weighted by Crippen LogP contribution is -2.54. The molecular formula is C17H29N3O3. The van der Waals surface area contributed by atoms with Gasteiger partial charge in [-0.1, -0.05) is 12.1 Å². The van der Waals surface area contributed by atoms with E-state index in [1.54, 1.807) is 12.0 Å². The number of hydrogen-bond acceptors (Lipinski definition) is 4. The molecule has 3 aliphatic rings. The maximum absolute atomic E-state index is 11.1. The molecule has 23 heavy (non-hydrogen) atoms. The van der Waals surface area contributed by atoms with Gasteiger partial charge in [0, 0.05) is 25.0 Å². The van der Waals surface area contributed by atoms with Crippen molar-refractivity contribution in [2.45, 2.75) is 51.5 Å². The number of carbonyl (C=O) groups is 1. The van der Waals surface area contributed by atoms with Crippen LogP contribution in [0.1, 0.15) is 45.4 Å². The van der Waals surface area contributed by atoms with Crippen molar-refractivity contribution in [2.75, 3.05) is 33.3 Å². The zero-order chi connectivity index (χ0) is 16.4. The van der Waals surface area contributed by atoms with Crippen LogP contribution in [-0.4, -0.2) is 66.0 Å². The Morgan fingerprint density at radius 1 is 1.30 bits per heavy atom. The van der Waals surface area contributed by atoms with Gasteiger partial charge in [-0.2, -0.15) is 0 Å². The zero-order valence-corrected chi connectivity index (χ0v) is 14.3. The highest BCUT2D eigenvalue weighted by molar-refractivity contribution is 5.86. The molecule has 0 unspecified atom stereocenters. The summed E-state index contributed by atoms with van der Waals surface area (Å²) in [5.41, 5.74) is 1.48. The fraction of sp³-hybridized carbons (Fsp3) is 0.882. The van der Waals surface area contributed by atoms with E-state index in [4.69, 9.17) is 9.94 Å². The molecule has 0 atom stereocenters. The minimum Gasteiger partial charge on any atom is -0.465 e. The van der Waals surface area contributed by atoms with Crippen molar-refractivity contribution in [1.82, 2.24) is 9.80 Å². The van der Waals surface area contributed by atoms with E-state index < -0.39 is 6.09 Å². The first-order chi connectivity index (χ1) is 11.1. The van der Waals surface area contributed by atoms with Crippen LogP contribution in [0.5, 0.6) is 0 Å². The first-order valence-electron chi connectivity index (χ1n) is 8.89. The molecule has 1 amide bonds. The van der Waals surface area contributed by atoms with Crippen molar-refractivity contribution in [3.63, 3.8) is 0 Å². The number of hydrogen-bond donors (Lipinski definition) is 1. The number of rotatable bonds is 4. The topological polar surface area (TPSA) is 65.4 Å². The summed E-state index contributed by atoms with van der Waals surface area (Å²) in [5.74, 6) is 0.569. The van der Waals surface area contributed by atoms with Gasteiger partial charge in [-0.15, -0.1) is 0 Å². The normalized spacial score (nSPS) is 33.0. The smallest absolute Gasteiger partial charge is 0.407 e. The molecule has 1 spiro atoms. The van der Waals surface area contributed by atoms with Gasteiger partial charge in [0.2, 0.25) is 0 Å². The van der Waals surface area contributed by atoms with Gasteiger partial charge >= 0.3 is 6.09 Å². The van der Waals surface area contributed by atoms with Crippen molar-refractivity contribution in [3.8, 4) is 0 Å². The van der Waals surface area contributed by atoms with E-state index >= 15 is 0 Å². The quantitative estimate of drug-likeness (QED) is 0.638. The van der Waals surface area contributed by atoms with Crippen LogP contribution in [0.2, 0.25) is 0 Å². The third-order valence-corrected chi connectivity index (χ3v) is 6.13. The number of likely N-dealkylation sites (tertiary alicyclic amines) is 2. The average molecular weight is 323 g/mol. The van der Waals surface area contributed by atoms with Crippen LogP contribution in [-0.2, 0) is 4.84 Å². The van der Waals surface area contributed by atoms with Crippen molar-refractivity contribution in [3.05, 3.63) is 0 Å². The molecule has 1 saturated carbocycles. The van der Waals surface area contributed by atoms with Crippen LogP contribution in [0.15, 0.2) is 5.16 Å². The predicted molar refractivity (Wildman–Crippen MR) is 88.7 cm³/mol.